The van der Waals surface area contributed by atoms with Crippen LogP contribution >= 0.6 is 22.9 Å². The van der Waals surface area contributed by atoms with Crippen LogP contribution in [-0.2, 0) is 6.42 Å². The number of aryl methyl sites for hydroxylation is 1. The van der Waals surface area contributed by atoms with Gasteiger partial charge in [0.25, 0.3) is 5.91 Å². The summed E-state index contributed by atoms with van der Waals surface area (Å²) in [6.07, 6.45) is 4.27. The summed E-state index contributed by atoms with van der Waals surface area (Å²) < 4.78 is 0. The molecule has 0 spiro atoms. The van der Waals surface area contributed by atoms with E-state index in [9.17, 15) is 4.79 Å². The molecule has 2 aromatic rings. The molecule has 0 aliphatic heterocycles. The number of hydrogen-bond acceptors (Lipinski definition) is 4. The summed E-state index contributed by atoms with van der Waals surface area (Å²) in [5.41, 5.74) is 0.489. The van der Waals surface area contributed by atoms with Gasteiger partial charge in [-0.25, -0.2) is 9.97 Å². The number of hydrogen-bond donors (Lipinski definition) is 1. The second kappa shape index (κ2) is 6.12. The number of halogens is 1. The van der Waals surface area contributed by atoms with E-state index in [0.29, 0.717) is 10.7 Å². The van der Waals surface area contributed by atoms with Crippen molar-refractivity contribution in [2.45, 2.75) is 26.3 Å². The van der Waals surface area contributed by atoms with Crippen LogP contribution in [0.15, 0.2) is 24.5 Å². The molecule has 2 heterocycles. The fraction of sp³-hybridized carbons (Fsp3) is 0.308. The highest BCUT2D eigenvalue weighted by atomic mass is 35.5. The first-order valence-corrected chi connectivity index (χ1v) is 7.16. The van der Waals surface area contributed by atoms with Crippen LogP contribution in [0.1, 0.15) is 40.1 Å². The minimum atomic E-state index is -0.176. The first-order chi connectivity index (χ1) is 9.10. The maximum Gasteiger partial charge on any atom is 0.253 e. The summed E-state index contributed by atoms with van der Waals surface area (Å²) >= 11 is 7.30. The largest absolute Gasteiger partial charge is 0.343 e. The lowest BCUT2D eigenvalue weighted by Crippen LogP contribution is -2.26. The minimum absolute atomic E-state index is 0.117. The average molecular weight is 296 g/mol. The zero-order chi connectivity index (χ0) is 13.8. The quantitative estimate of drug-likeness (QED) is 0.881. The number of nitrogens with one attached hydrogen (secondary N) is 1. The van der Waals surface area contributed by atoms with Crippen molar-refractivity contribution in [3.63, 3.8) is 0 Å². The lowest BCUT2D eigenvalue weighted by molar-refractivity contribution is 0.0939. The standard InChI is InChI=1S/C13H14ClN3OS/c1-3-10-7-16-13(19-10)8(2)17-12(18)9-4-5-11(14)15-6-9/h4-8H,3H2,1-2H3,(H,17,18). The van der Waals surface area contributed by atoms with Gasteiger partial charge in [0, 0.05) is 17.3 Å². The van der Waals surface area contributed by atoms with Gasteiger partial charge in [-0.1, -0.05) is 18.5 Å². The van der Waals surface area contributed by atoms with E-state index in [1.54, 1.807) is 23.5 Å². The van der Waals surface area contributed by atoms with E-state index in [2.05, 4.69) is 22.2 Å². The topological polar surface area (TPSA) is 54.9 Å². The third-order valence-corrected chi connectivity index (χ3v) is 4.18. The molecule has 100 valence electrons. The Balaban J connectivity index is 2.04. The molecule has 0 aliphatic rings. The number of thiazole rings is 1. The van der Waals surface area contributed by atoms with Crippen molar-refractivity contribution in [3.05, 3.63) is 45.1 Å². The molecular weight excluding hydrogens is 282 g/mol. The highest BCUT2D eigenvalue weighted by Crippen LogP contribution is 2.20. The maximum absolute atomic E-state index is 12.0. The van der Waals surface area contributed by atoms with Crippen LogP contribution in [-0.4, -0.2) is 15.9 Å². The molecule has 19 heavy (non-hydrogen) atoms. The van der Waals surface area contributed by atoms with E-state index in [1.807, 2.05) is 13.1 Å². The van der Waals surface area contributed by atoms with Crippen molar-refractivity contribution in [2.75, 3.05) is 0 Å². The number of aromatic nitrogens is 2. The molecule has 1 unspecified atom stereocenters. The molecule has 0 fully saturated rings. The molecule has 0 saturated carbocycles. The molecule has 0 saturated heterocycles. The molecule has 1 atom stereocenters. The predicted octanol–water partition coefficient (Wildman–Crippen LogP) is 3.24. The average Bonchev–Trinajstić information content (AvgIpc) is 2.88. The van der Waals surface area contributed by atoms with E-state index in [-0.39, 0.29) is 11.9 Å². The molecule has 2 rings (SSSR count). The highest BCUT2D eigenvalue weighted by Gasteiger charge is 2.14. The predicted molar refractivity (Wildman–Crippen MR) is 76.6 cm³/mol. The van der Waals surface area contributed by atoms with E-state index < -0.39 is 0 Å². The molecular formula is C13H14ClN3OS. The van der Waals surface area contributed by atoms with Gasteiger partial charge in [0.2, 0.25) is 0 Å². The third-order valence-electron chi connectivity index (χ3n) is 2.63. The smallest absolute Gasteiger partial charge is 0.253 e. The Morgan fingerprint density at radius 2 is 2.21 bits per heavy atom. The molecule has 1 amide bonds. The number of carbonyl (C=O) groups excluding carboxylic acids is 1. The van der Waals surface area contributed by atoms with E-state index in [1.165, 1.54) is 11.1 Å². The van der Waals surface area contributed by atoms with Gasteiger partial charge in [-0.3, -0.25) is 4.79 Å². The zero-order valence-electron chi connectivity index (χ0n) is 10.7. The van der Waals surface area contributed by atoms with Gasteiger partial charge >= 0.3 is 0 Å². The van der Waals surface area contributed by atoms with Gasteiger partial charge in [0.15, 0.2) is 0 Å². The van der Waals surface area contributed by atoms with Crippen LogP contribution in [0.3, 0.4) is 0 Å². The van der Waals surface area contributed by atoms with Crippen LogP contribution in [0, 0.1) is 0 Å². The summed E-state index contributed by atoms with van der Waals surface area (Å²) in [7, 11) is 0. The maximum atomic E-state index is 12.0. The van der Waals surface area contributed by atoms with Crippen LogP contribution in [0.2, 0.25) is 5.15 Å². The number of carbonyl (C=O) groups is 1. The molecule has 4 nitrogen and oxygen atoms in total. The lowest BCUT2D eigenvalue weighted by atomic mass is 10.2. The Kier molecular flexibility index (Phi) is 4.50. The van der Waals surface area contributed by atoms with Crippen LogP contribution in [0.25, 0.3) is 0 Å². The van der Waals surface area contributed by atoms with Crippen molar-refractivity contribution < 1.29 is 4.79 Å². The number of amides is 1. The van der Waals surface area contributed by atoms with Gasteiger partial charge in [0.1, 0.15) is 10.2 Å². The molecule has 0 radical (unpaired) electrons. The fourth-order valence-electron chi connectivity index (χ4n) is 1.54. The van der Waals surface area contributed by atoms with Gasteiger partial charge in [-0.15, -0.1) is 11.3 Å². The van der Waals surface area contributed by atoms with Crippen molar-refractivity contribution in [1.82, 2.24) is 15.3 Å². The van der Waals surface area contributed by atoms with Crippen molar-refractivity contribution in [3.8, 4) is 0 Å². The summed E-state index contributed by atoms with van der Waals surface area (Å²) in [6, 6.07) is 3.13. The minimum Gasteiger partial charge on any atom is -0.343 e. The van der Waals surface area contributed by atoms with Crippen molar-refractivity contribution in [2.24, 2.45) is 0 Å². The Labute approximate surface area is 120 Å². The van der Waals surface area contributed by atoms with E-state index in [0.717, 1.165) is 11.4 Å². The fourth-order valence-corrected chi connectivity index (χ4v) is 2.51. The summed E-state index contributed by atoms with van der Waals surface area (Å²) in [6.45, 7) is 4.00. The van der Waals surface area contributed by atoms with Crippen LogP contribution in [0.4, 0.5) is 0 Å². The highest BCUT2D eigenvalue weighted by molar-refractivity contribution is 7.11. The molecule has 6 heteroatoms. The Morgan fingerprint density at radius 3 is 2.79 bits per heavy atom. The second-order valence-corrected chi connectivity index (χ2v) is 5.62. The zero-order valence-corrected chi connectivity index (χ0v) is 12.3. The number of nitrogens with zero attached hydrogens (tertiary/aromatic N) is 2. The van der Waals surface area contributed by atoms with Gasteiger partial charge < -0.3 is 5.32 Å². The first kappa shape index (κ1) is 14.0. The molecule has 0 bridgehead atoms. The first-order valence-electron chi connectivity index (χ1n) is 5.97. The molecule has 2 aromatic heterocycles. The number of pyridine rings is 1. The molecule has 0 aliphatic carbocycles. The Hall–Kier alpha value is -1.46. The van der Waals surface area contributed by atoms with Gasteiger partial charge in [0.05, 0.1) is 11.6 Å². The van der Waals surface area contributed by atoms with Gasteiger partial charge in [-0.05, 0) is 25.5 Å². The van der Waals surface area contributed by atoms with Crippen LogP contribution < -0.4 is 5.32 Å². The van der Waals surface area contributed by atoms with E-state index >= 15 is 0 Å². The normalized spacial score (nSPS) is 12.2. The summed E-state index contributed by atoms with van der Waals surface area (Å²) in [4.78, 5) is 21.4. The SMILES string of the molecule is CCc1cnc(C(C)NC(=O)c2ccc(Cl)nc2)s1. The Bertz CT molecular complexity index is 568. The number of rotatable bonds is 4. The summed E-state index contributed by atoms with van der Waals surface area (Å²) in [5.74, 6) is -0.176. The van der Waals surface area contributed by atoms with Crippen molar-refractivity contribution >= 4 is 28.8 Å². The van der Waals surface area contributed by atoms with E-state index in [4.69, 9.17) is 11.6 Å². The van der Waals surface area contributed by atoms with Crippen LogP contribution in [0.5, 0.6) is 0 Å². The van der Waals surface area contributed by atoms with Crippen molar-refractivity contribution in [1.29, 1.82) is 0 Å². The molecule has 1 N–H and O–H groups in total. The molecule has 0 aromatic carbocycles. The second-order valence-electron chi connectivity index (χ2n) is 4.08. The Morgan fingerprint density at radius 1 is 1.42 bits per heavy atom. The lowest BCUT2D eigenvalue weighted by Gasteiger charge is -2.10. The third kappa shape index (κ3) is 3.52. The summed E-state index contributed by atoms with van der Waals surface area (Å²) in [5, 5.41) is 4.18. The van der Waals surface area contributed by atoms with Gasteiger partial charge in [-0.2, -0.15) is 0 Å². The monoisotopic (exact) mass is 295 g/mol.